The van der Waals surface area contributed by atoms with Crippen LogP contribution in [-0.2, 0) is 0 Å². The second-order valence-corrected chi connectivity index (χ2v) is 3.90. The first kappa shape index (κ1) is 13.0. The van der Waals surface area contributed by atoms with Gasteiger partial charge < -0.3 is 14.8 Å². The molecule has 7 nitrogen and oxygen atoms in total. The molecule has 2 aromatic rings. The highest BCUT2D eigenvalue weighted by Gasteiger charge is 2.13. The molecule has 0 amide bonds. The molecule has 0 unspecified atom stereocenters. The van der Waals surface area contributed by atoms with Gasteiger partial charge in [-0.25, -0.2) is 14.8 Å². The van der Waals surface area contributed by atoms with Crippen LogP contribution in [0.5, 0.6) is 5.75 Å². The summed E-state index contributed by atoms with van der Waals surface area (Å²) in [5.41, 5.74) is -0.814. The molecule has 19 heavy (non-hydrogen) atoms. The summed E-state index contributed by atoms with van der Waals surface area (Å²) >= 11 is 5.97. The van der Waals surface area contributed by atoms with Crippen molar-refractivity contribution in [1.29, 1.82) is 0 Å². The second-order valence-electron chi connectivity index (χ2n) is 3.49. The molecule has 0 aromatic carbocycles. The number of hydrogen-bond donors (Lipinski definition) is 2. The summed E-state index contributed by atoms with van der Waals surface area (Å²) in [4.78, 5) is 32.3. The third-order valence-electron chi connectivity index (χ3n) is 2.24. The van der Waals surface area contributed by atoms with E-state index in [1.165, 1.54) is 19.4 Å². The summed E-state index contributed by atoms with van der Waals surface area (Å²) in [6.45, 7) is 0. The lowest BCUT2D eigenvalue weighted by Gasteiger charge is -2.05. The first-order valence-electron chi connectivity index (χ1n) is 5.06. The maximum atomic E-state index is 11.4. The zero-order chi connectivity index (χ0) is 14.0. The molecule has 0 spiro atoms. The Balaban J connectivity index is 2.58. The summed E-state index contributed by atoms with van der Waals surface area (Å²) in [5.74, 6) is -0.889. The Morgan fingerprint density at radius 3 is 2.79 bits per heavy atom. The van der Waals surface area contributed by atoms with Crippen LogP contribution in [0.4, 0.5) is 0 Å². The van der Waals surface area contributed by atoms with Gasteiger partial charge in [-0.2, -0.15) is 0 Å². The number of nitrogens with zero attached hydrogens (tertiary/aromatic N) is 2. The molecule has 0 saturated heterocycles. The number of aromatic nitrogens is 3. The number of carboxylic acids is 1. The van der Waals surface area contributed by atoms with Crippen molar-refractivity contribution in [2.24, 2.45) is 0 Å². The normalized spacial score (nSPS) is 10.2. The Kier molecular flexibility index (Phi) is 3.48. The van der Waals surface area contributed by atoms with E-state index in [4.69, 9.17) is 21.4 Å². The fourth-order valence-corrected chi connectivity index (χ4v) is 1.63. The van der Waals surface area contributed by atoms with E-state index in [1.54, 1.807) is 0 Å². The zero-order valence-electron chi connectivity index (χ0n) is 9.68. The minimum absolute atomic E-state index is 0.0162. The minimum atomic E-state index is -1.31. The van der Waals surface area contributed by atoms with Crippen LogP contribution in [0.3, 0.4) is 0 Å². The highest BCUT2D eigenvalue weighted by Crippen LogP contribution is 2.25. The molecule has 2 N–H and O–H groups in total. The molecule has 0 aliphatic carbocycles. The molecule has 0 saturated carbocycles. The molecular weight excluding hydrogens is 274 g/mol. The van der Waals surface area contributed by atoms with Crippen LogP contribution in [-0.4, -0.2) is 33.1 Å². The fraction of sp³-hybridized carbons (Fsp3) is 0.0909. The first-order valence-corrected chi connectivity index (χ1v) is 5.43. The molecule has 98 valence electrons. The van der Waals surface area contributed by atoms with Crippen molar-refractivity contribution in [3.8, 4) is 17.3 Å². The number of pyridine rings is 1. The van der Waals surface area contributed by atoms with E-state index in [0.717, 1.165) is 6.07 Å². The number of aromatic carboxylic acids is 1. The maximum Gasteiger partial charge on any atom is 0.354 e. The molecule has 0 atom stereocenters. The lowest BCUT2D eigenvalue weighted by molar-refractivity contribution is 0.0690. The predicted octanol–water partition coefficient (Wildman–Crippen LogP) is 1.19. The van der Waals surface area contributed by atoms with Crippen LogP contribution in [0.1, 0.15) is 10.5 Å². The third kappa shape index (κ3) is 2.71. The van der Waals surface area contributed by atoms with Gasteiger partial charge in [0.25, 0.3) is 5.56 Å². The van der Waals surface area contributed by atoms with Crippen LogP contribution < -0.4 is 10.3 Å². The Morgan fingerprint density at radius 1 is 1.47 bits per heavy atom. The zero-order valence-corrected chi connectivity index (χ0v) is 10.4. The number of methoxy groups -OCH3 is 1. The quantitative estimate of drug-likeness (QED) is 0.875. The number of aromatic amines is 1. The summed E-state index contributed by atoms with van der Waals surface area (Å²) in [5, 5.41) is 9.03. The monoisotopic (exact) mass is 281 g/mol. The smallest absolute Gasteiger partial charge is 0.354 e. The molecule has 2 heterocycles. The second kappa shape index (κ2) is 5.07. The van der Waals surface area contributed by atoms with Crippen molar-refractivity contribution in [3.63, 3.8) is 0 Å². The number of nitrogens with one attached hydrogen (secondary N) is 1. The summed E-state index contributed by atoms with van der Waals surface area (Å²) in [6.07, 6.45) is 1.38. The van der Waals surface area contributed by atoms with E-state index in [0.29, 0.717) is 5.75 Å². The molecule has 0 radical (unpaired) electrons. The number of carbonyl (C=O) groups is 1. The van der Waals surface area contributed by atoms with Gasteiger partial charge in [-0.15, -0.1) is 0 Å². The predicted molar refractivity (Wildman–Crippen MR) is 66.6 cm³/mol. The SMILES string of the molecule is COc1cnc(-c2nc(C(=O)O)cc(=O)[nH]2)c(Cl)c1. The van der Waals surface area contributed by atoms with Crippen LogP contribution in [0.2, 0.25) is 5.02 Å². The third-order valence-corrected chi connectivity index (χ3v) is 2.53. The fourth-order valence-electron chi connectivity index (χ4n) is 1.39. The molecule has 0 fully saturated rings. The highest BCUT2D eigenvalue weighted by molar-refractivity contribution is 6.33. The van der Waals surface area contributed by atoms with E-state index in [1.807, 2.05) is 0 Å². The van der Waals surface area contributed by atoms with Gasteiger partial charge in [-0.05, 0) is 0 Å². The topological polar surface area (TPSA) is 105 Å². The van der Waals surface area contributed by atoms with Crippen LogP contribution >= 0.6 is 11.6 Å². The van der Waals surface area contributed by atoms with Crippen molar-refractivity contribution in [3.05, 3.63) is 39.4 Å². The van der Waals surface area contributed by atoms with Gasteiger partial charge in [0, 0.05) is 12.1 Å². The number of hydrogen-bond acceptors (Lipinski definition) is 5. The lowest BCUT2D eigenvalue weighted by atomic mass is 10.3. The van der Waals surface area contributed by atoms with Crippen molar-refractivity contribution in [2.75, 3.05) is 7.11 Å². The van der Waals surface area contributed by atoms with Gasteiger partial charge in [-0.3, -0.25) is 4.79 Å². The van der Waals surface area contributed by atoms with Gasteiger partial charge in [0.05, 0.1) is 18.3 Å². The van der Waals surface area contributed by atoms with Crippen LogP contribution in [0.15, 0.2) is 23.1 Å². The number of ether oxygens (including phenoxy) is 1. The lowest BCUT2D eigenvalue weighted by Crippen LogP contribution is -2.14. The average Bonchev–Trinajstić information content (AvgIpc) is 2.37. The van der Waals surface area contributed by atoms with E-state index in [-0.39, 0.29) is 22.2 Å². The van der Waals surface area contributed by atoms with Crippen molar-refractivity contribution in [1.82, 2.24) is 15.0 Å². The molecule has 2 rings (SSSR count). The number of rotatable bonds is 3. The van der Waals surface area contributed by atoms with Crippen LogP contribution in [0.25, 0.3) is 11.5 Å². The maximum absolute atomic E-state index is 11.4. The summed E-state index contributed by atoms with van der Waals surface area (Å²) in [7, 11) is 1.46. The Bertz CT molecular complexity index is 699. The van der Waals surface area contributed by atoms with Gasteiger partial charge in [0.2, 0.25) is 0 Å². The molecule has 2 aromatic heterocycles. The van der Waals surface area contributed by atoms with Crippen molar-refractivity contribution < 1.29 is 14.6 Å². The van der Waals surface area contributed by atoms with Crippen molar-refractivity contribution in [2.45, 2.75) is 0 Å². The minimum Gasteiger partial charge on any atom is -0.495 e. The molecule has 0 aliphatic rings. The number of carboxylic acid groups (broad SMARTS) is 1. The van der Waals surface area contributed by atoms with E-state index >= 15 is 0 Å². The van der Waals surface area contributed by atoms with Gasteiger partial charge in [0.1, 0.15) is 11.4 Å². The Hall–Kier alpha value is -2.41. The van der Waals surface area contributed by atoms with E-state index in [2.05, 4.69) is 15.0 Å². The highest BCUT2D eigenvalue weighted by atomic mass is 35.5. The molecular formula is C11H8ClN3O4. The van der Waals surface area contributed by atoms with E-state index in [9.17, 15) is 9.59 Å². The first-order chi connectivity index (χ1) is 9.01. The molecule has 0 aliphatic heterocycles. The number of halogens is 1. The van der Waals surface area contributed by atoms with Crippen LogP contribution in [0, 0.1) is 0 Å². The van der Waals surface area contributed by atoms with Gasteiger partial charge >= 0.3 is 5.97 Å². The van der Waals surface area contributed by atoms with Crippen molar-refractivity contribution >= 4 is 17.6 Å². The summed E-state index contributed by atoms with van der Waals surface area (Å²) < 4.78 is 4.94. The molecule has 0 bridgehead atoms. The standard InChI is InChI=1S/C11H8ClN3O4/c1-19-5-2-6(12)9(13-4-5)10-14-7(11(17)18)3-8(16)15-10/h2-4H,1H3,(H,17,18)(H,14,15,16). The molecule has 8 heteroatoms. The van der Waals surface area contributed by atoms with Gasteiger partial charge in [0.15, 0.2) is 11.5 Å². The average molecular weight is 282 g/mol. The Morgan fingerprint density at radius 2 is 2.21 bits per heavy atom. The largest absolute Gasteiger partial charge is 0.495 e. The van der Waals surface area contributed by atoms with Gasteiger partial charge in [-0.1, -0.05) is 11.6 Å². The number of H-pyrrole nitrogens is 1. The summed E-state index contributed by atoms with van der Waals surface area (Å²) in [6, 6.07) is 2.36. The van der Waals surface area contributed by atoms with E-state index < -0.39 is 11.5 Å². The Labute approximate surface area is 111 Å².